The van der Waals surface area contributed by atoms with Gasteiger partial charge in [0.15, 0.2) is 0 Å². The number of aromatic nitrogens is 1. The molecule has 1 fully saturated rings. The molecular formula is C30H28N2O6S. The number of allylic oxidation sites excluding steroid dienone is 1. The maximum Gasteiger partial charge on any atom is 0.336 e. The Balaban J connectivity index is 1.32. The maximum absolute atomic E-state index is 12.9. The van der Waals surface area contributed by atoms with Crippen molar-refractivity contribution in [3.63, 3.8) is 0 Å². The summed E-state index contributed by atoms with van der Waals surface area (Å²) in [5, 5.41) is 10.7. The molecule has 1 aliphatic heterocycles. The van der Waals surface area contributed by atoms with Crippen LogP contribution in [-0.4, -0.2) is 55.1 Å². The number of hydrogen-bond donors (Lipinski definition) is 1. The van der Waals surface area contributed by atoms with Gasteiger partial charge in [-0.1, -0.05) is 25.1 Å². The molecule has 2 aromatic heterocycles. The van der Waals surface area contributed by atoms with Gasteiger partial charge in [0, 0.05) is 24.0 Å². The van der Waals surface area contributed by atoms with Crippen molar-refractivity contribution in [2.45, 2.75) is 24.7 Å². The van der Waals surface area contributed by atoms with Gasteiger partial charge < -0.3 is 14.3 Å². The molecule has 0 bridgehead atoms. The molecule has 4 aromatic rings. The van der Waals surface area contributed by atoms with Crippen LogP contribution in [0.1, 0.15) is 40.7 Å². The lowest BCUT2D eigenvalue weighted by Gasteiger charge is -2.26. The summed E-state index contributed by atoms with van der Waals surface area (Å²) in [5.74, 6) is 0.536. The fourth-order valence-electron chi connectivity index (χ4n) is 5.46. The summed E-state index contributed by atoms with van der Waals surface area (Å²) in [6.07, 6.45) is 3.33. The number of nitrogens with zero attached hydrogens (tertiary/aromatic N) is 2. The fraction of sp³-hybridized carbons (Fsp3) is 0.267. The number of sulfonamides is 1. The van der Waals surface area contributed by atoms with E-state index in [2.05, 4.69) is 6.92 Å². The number of para-hydroxylation sites is 1. The smallest absolute Gasteiger partial charge is 0.336 e. The molecule has 39 heavy (non-hydrogen) atoms. The first-order valence-corrected chi connectivity index (χ1v) is 14.4. The Kier molecular flexibility index (Phi) is 6.58. The van der Waals surface area contributed by atoms with Gasteiger partial charge >= 0.3 is 5.97 Å². The Morgan fingerprint density at radius 2 is 1.77 bits per heavy atom. The predicted octanol–water partition coefficient (Wildman–Crippen LogP) is 5.34. The second kappa shape index (κ2) is 10.1. The number of pyridine rings is 1. The minimum absolute atomic E-state index is 0.238. The third kappa shape index (κ3) is 4.78. The van der Waals surface area contributed by atoms with E-state index in [1.54, 1.807) is 24.3 Å². The van der Waals surface area contributed by atoms with Crippen LogP contribution in [0.25, 0.3) is 33.9 Å². The van der Waals surface area contributed by atoms with E-state index >= 15 is 0 Å². The van der Waals surface area contributed by atoms with Crippen LogP contribution in [0.5, 0.6) is 0 Å². The highest BCUT2D eigenvalue weighted by molar-refractivity contribution is 7.89. The number of furan rings is 1. The fourth-order valence-corrected chi connectivity index (χ4v) is 6.87. The molecule has 1 aliphatic carbocycles. The average molecular weight is 545 g/mol. The molecule has 9 heteroatoms. The second-order valence-corrected chi connectivity index (χ2v) is 12.0. The Hall–Kier alpha value is -3.79. The van der Waals surface area contributed by atoms with Crippen molar-refractivity contribution >= 4 is 38.5 Å². The summed E-state index contributed by atoms with van der Waals surface area (Å²) < 4.78 is 38.7. The van der Waals surface area contributed by atoms with Gasteiger partial charge in [-0.25, -0.2) is 18.2 Å². The number of hydrogen-bond acceptors (Lipinski definition) is 6. The van der Waals surface area contributed by atoms with E-state index in [4.69, 9.17) is 14.1 Å². The van der Waals surface area contributed by atoms with Gasteiger partial charge in [-0.2, -0.15) is 4.31 Å². The van der Waals surface area contributed by atoms with Crippen LogP contribution >= 0.6 is 0 Å². The molecule has 1 saturated heterocycles. The molecule has 0 radical (unpaired) electrons. The molecule has 0 spiro atoms. The van der Waals surface area contributed by atoms with Crippen LogP contribution in [0, 0.1) is 5.92 Å². The largest absolute Gasteiger partial charge is 0.478 e. The second-order valence-electron chi connectivity index (χ2n) is 10.1. The average Bonchev–Trinajstić information content (AvgIpc) is 3.41. The number of rotatable bonds is 5. The summed E-state index contributed by atoms with van der Waals surface area (Å²) in [6, 6.07) is 17.7. The minimum atomic E-state index is -3.57. The highest BCUT2D eigenvalue weighted by Gasteiger charge is 2.29. The van der Waals surface area contributed by atoms with E-state index in [0.29, 0.717) is 66.4 Å². The van der Waals surface area contributed by atoms with Crippen LogP contribution < -0.4 is 0 Å². The third-order valence-electron chi connectivity index (χ3n) is 7.32. The molecule has 1 unspecified atom stereocenters. The van der Waals surface area contributed by atoms with Crippen LogP contribution in [0.4, 0.5) is 0 Å². The van der Waals surface area contributed by atoms with E-state index in [9.17, 15) is 18.3 Å². The highest BCUT2D eigenvalue weighted by Crippen LogP contribution is 2.39. The zero-order chi connectivity index (χ0) is 27.1. The highest BCUT2D eigenvalue weighted by atomic mass is 32.2. The molecule has 1 atom stereocenters. The standard InChI is InChI=1S/C30H28N2O6S/c1-19-16-21(29-25(17-19)28(30(33)34)24-4-2-3-5-26(24)31-29)18-22-8-11-27(38-22)20-6-9-23(10-7-20)39(35,36)32-12-14-37-15-13-32/h2-11,18-19H,12-17H2,1H3,(H,33,34)/b21-18+. The zero-order valence-corrected chi connectivity index (χ0v) is 22.3. The number of ether oxygens (including phenoxy) is 1. The van der Waals surface area contributed by atoms with E-state index in [0.717, 1.165) is 23.1 Å². The Morgan fingerprint density at radius 1 is 1.03 bits per heavy atom. The maximum atomic E-state index is 12.9. The number of aromatic carboxylic acids is 1. The van der Waals surface area contributed by atoms with Gasteiger partial charge in [0.25, 0.3) is 0 Å². The summed E-state index contributed by atoms with van der Waals surface area (Å²) in [4.78, 5) is 17.4. The molecule has 8 nitrogen and oxygen atoms in total. The van der Waals surface area contributed by atoms with Gasteiger partial charge in [0.1, 0.15) is 11.5 Å². The topological polar surface area (TPSA) is 110 Å². The first kappa shape index (κ1) is 25.5. The Labute approximate surface area is 226 Å². The van der Waals surface area contributed by atoms with Crippen molar-refractivity contribution in [3.8, 4) is 11.3 Å². The molecule has 2 aromatic carbocycles. The number of carbonyl (C=O) groups is 1. The monoisotopic (exact) mass is 544 g/mol. The summed E-state index contributed by atoms with van der Waals surface area (Å²) in [6.45, 7) is 3.60. The summed E-state index contributed by atoms with van der Waals surface area (Å²) >= 11 is 0. The number of carboxylic acid groups (broad SMARTS) is 1. The van der Waals surface area contributed by atoms with Crippen LogP contribution in [-0.2, 0) is 21.2 Å². The molecule has 3 heterocycles. The van der Waals surface area contributed by atoms with E-state index in [-0.39, 0.29) is 10.8 Å². The Bertz CT molecular complexity index is 1700. The molecule has 200 valence electrons. The lowest BCUT2D eigenvalue weighted by molar-refractivity contribution is 0.0697. The number of fused-ring (bicyclic) bond motifs is 2. The van der Waals surface area contributed by atoms with E-state index in [1.807, 2.05) is 42.5 Å². The predicted molar refractivity (Wildman–Crippen MR) is 148 cm³/mol. The molecule has 6 rings (SSSR count). The number of benzene rings is 2. The minimum Gasteiger partial charge on any atom is -0.478 e. The van der Waals surface area contributed by atoms with Crippen molar-refractivity contribution in [1.29, 1.82) is 0 Å². The lowest BCUT2D eigenvalue weighted by atomic mass is 9.81. The van der Waals surface area contributed by atoms with Crippen molar-refractivity contribution in [3.05, 3.63) is 83.2 Å². The van der Waals surface area contributed by atoms with Crippen molar-refractivity contribution < 1.29 is 27.5 Å². The van der Waals surface area contributed by atoms with Gasteiger partial charge in [0.2, 0.25) is 10.0 Å². The first-order chi connectivity index (χ1) is 18.8. The molecule has 2 aliphatic rings. The van der Waals surface area contributed by atoms with Gasteiger partial charge in [-0.3, -0.25) is 0 Å². The van der Waals surface area contributed by atoms with Crippen molar-refractivity contribution in [2.75, 3.05) is 26.3 Å². The zero-order valence-electron chi connectivity index (χ0n) is 21.5. The molecule has 0 saturated carbocycles. The van der Waals surface area contributed by atoms with E-state index in [1.165, 1.54) is 4.31 Å². The van der Waals surface area contributed by atoms with Gasteiger partial charge in [-0.05, 0) is 78.4 Å². The van der Waals surface area contributed by atoms with Crippen LogP contribution in [0.2, 0.25) is 0 Å². The Morgan fingerprint density at radius 3 is 2.51 bits per heavy atom. The molecule has 1 N–H and O–H groups in total. The van der Waals surface area contributed by atoms with E-state index < -0.39 is 16.0 Å². The van der Waals surface area contributed by atoms with Crippen LogP contribution in [0.15, 0.2) is 70.0 Å². The SMILES string of the molecule is CC1C/C(=C\c2ccc(-c3ccc(S(=O)(=O)N4CCOCC4)cc3)o2)c2nc3ccccc3c(C(=O)O)c2C1. The molecule has 0 amide bonds. The van der Waals surface area contributed by atoms with Crippen molar-refractivity contribution in [1.82, 2.24) is 9.29 Å². The quantitative estimate of drug-likeness (QED) is 0.361. The van der Waals surface area contributed by atoms with Gasteiger partial charge in [0.05, 0.1) is 34.9 Å². The molecular weight excluding hydrogens is 516 g/mol. The summed E-state index contributed by atoms with van der Waals surface area (Å²) in [7, 11) is -3.57. The van der Waals surface area contributed by atoms with Crippen molar-refractivity contribution in [2.24, 2.45) is 5.92 Å². The van der Waals surface area contributed by atoms with Crippen LogP contribution in [0.3, 0.4) is 0 Å². The third-order valence-corrected chi connectivity index (χ3v) is 9.24. The first-order valence-electron chi connectivity index (χ1n) is 13.0. The number of carboxylic acids is 1. The van der Waals surface area contributed by atoms with Gasteiger partial charge in [-0.15, -0.1) is 0 Å². The normalized spacial score (nSPS) is 19.3. The number of morpholine rings is 1. The lowest BCUT2D eigenvalue weighted by Crippen LogP contribution is -2.40. The summed E-state index contributed by atoms with van der Waals surface area (Å²) in [5.41, 5.74) is 4.14.